The topological polar surface area (TPSA) is 114 Å². The van der Waals surface area contributed by atoms with Gasteiger partial charge >= 0.3 is 0 Å². The van der Waals surface area contributed by atoms with Gasteiger partial charge in [0.25, 0.3) is 5.91 Å². The number of carbonyl (C=O) groups excluding carboxylic acids is 1. The van der Waals surface area contributed by atoms with E-state index in [0.29, 0.717) is 41.5 Å². The van der Waals surface area contributed by atoms with Crippen molar-refractivity contribution in [3.63, 3.8) is 0 Å². The Bertz CT molecular complexity index is 1470. The summed E-state index contributed by atoms with van der Waals surface area (Å²) in [7, 11) is -2.08. The summed E-state index contributed by atoms with van der Waals surface area (Å²) in [5, 5.41) is 13.2. The molecule has 1 aromatic heterocycles. The lowest BCUT2D eigenvalue weighted by Gasteiger charge is -2.34. The zero-order chi connectivity index (χ0) is 27.7. The van der Waals surface area contributed by atoms with Crippen molar-refractivity contribution in [3.8, 4) is 0 Å². The predicted molar refractivity (Wildman–Crippen MR) is 145 cm³/mol. The zero-order valence-electron chi connectivity index (χ0n) is 21.8. The normalized spacial score (nSPS) is 16.7. The molecule has 1 fully saturated rings. The standard InChI is InChI=1S/C26H31F2N7O3S/c1-3-29-24-15-19(34-10-8-33(2)9-11-34)4-5-21(24)26(36)30-25-22-16-35(7-6-23(22)31-32-25)39(37,38)20-13-17(27)12-18(28)14-20/h4-5,12-15,29H,3,6-11,16H2,1-2H3,(H2,30,31,32,36). The van der Waals surface area contributed by atoms with Crippen molar-refractivity contribution in [3.05, 3.63) is 64.9 Å². The fourth-order valence-corrected chi connectivity index (χ4v) is 6.36. The predicted octanol–water partition coefficient (Wildman–Crippen LogP) is 2.87. The largest absolute Gasteiger partial charge is 0.385 e. The maximum absolute atomic E-state index is 13.7. The zero-order valence-corrected chi connectivity index (χ0v) is 22.6. The van der Waals surface area contributed by atoms with Crippen molar-refractivity contribution in [1.82, 2.24) is 19.4 Å². The molecular weight excluding hydrogens is 528 g/mol. The number of benzene rings is 2. The Balaban J connectivity index is 1.36. The van der Waals surface area contributed by atoms with Crippen molar-refractivity contribution in [2.75, 3.05) is 61.8 Å². The molecule has 3 N–H and O–H groups in total. The number of aromatic amines is 1. The van der Waals surface area contributed by atoms with E-state index in [1.165, 1.54) is 0 Å². The summed E-state index contributed by atoms with van der Waals surface area (Å²) < 4.78 is 54.8. The molecule has 0 spiro atoms. The minimum absolute atomic E-state index is 0.0986. The summed E-state index contributed by atoms with van der Waals surface area (Å²) in [6.07, 6.45) is 0.303. The number of anilines is 3. The fraction of sp³-hybridized carbons (Fsp3) is 0.385. The summed E-state index contributed by atoms with van der Waals surface area (Å²) in [4.78, 5) is 17.5. The Morgan fingerprint density at radius 1 is 1.05 bits per heavy atom. The van der Waals surface area contributed by atoms with E-state index in [1.54, 1.807) is 6.07 Å². The number of amides is 1. The number of likely N-dealkylation sites (N-methyl/N-ethyl adjacent to an activating group) is 1. The van der Waals surface area contributed by atoms with E-state index in [0.717, 1.165) is 48.3 Å². The van der Waals surface area contributed by atoms with Gasteiger partial charge in [0.15, 0.2) is 5.82 Å². The third-order valence-electron chi connectivity index (χ3n) is 7.09. The van der Waals surface area contributed by atoms with Crippen molar-refractivity contribution in [1.29, 1.82) is 0 Å². The first-order valence-corrected chi connectivity index (χ1v) is 14.2. The number of halogens is 2. The van der Waals surface area contributed by atoms with Crippen LogP contribution in [0, 0.1) is 11.6 Å². The van der Waals surface area contributed by atoms with Gasteiger partial charge in [0, 0.05) is 80.9 Å². The molecule has 0 unspecified atom stereocenters. The first-order valence-electron chi connectivity index (χ1n) is 12.8. The van der Waals surface area contributed by atoms with E-state index in [2.05, 4.69) is 37.7 Å². The minimum atomic E-state index is -4.18. The molecule has 1 amide bonds. The van der Waals surface area contributed by atoms with Gasteiger partial charge in [-0.15, -0.1) is 0 Å². The van der Waals surface area contributed by atoms with E-state index >= 15 is 0 Å². The number of nitrogens with zero attached hydrogens (tertiary/aromatic N) is 4. The van der Waals surface area contributed by atoms with Crippen LogP contribution >= 0.6 is 0 Å². The van der Waals surface area contributed by atoms with Crippen LogP contribution in [0.25, 0.3) is 0 Å². The second-order valence-electron chi connectivity index (χ2n) is 9.73. The van der Waals surface area contributed by atoms with Gasteiger partial charge in [-0.2, -0.15) is 9.40 Å². The number of hydrogen-bond acceptors (Lipinski definition) is 7. The minimum Gasteiger partial charge on any atom is -0.385 e. The molecule has 13 heteroatoms. The number of piperazine rings is 1. The molecule has 208 valence electrons. The van der Waals surface area contributed by atoms with Gasteiger partial charge < -0.3 is 20.4 Å². The van der Waals surface area contributed by atoms with Crippen LogP contribution in [0.1, 0.15) is 28.5 Å². The molecule has 3 aromatic rings. The highest BCUT2D eigenvalue weighted by Crippen LogP contribution is 2.30. The molecule has 2 aliphatic heterocycles. The van der Waals surface area contributed by atoms with E-state index in [9.17, 15) is 22.0 Å². The number of H-pyrrole nitrogens is 1. The second kappa shape index (κ2) is 10.9. The summed E-state index contributed by atoms with van der Waals surface area (Å²) in [6, 6.07) is 7.87. The lowest BCUT2D eigenvalue weighted by molar-refractivity contribution is 0.102. The van der Waals surface area contributed by atoms with E-state index < -0.39 is 32.5 Å². The molecule has 10 nitrogen and oxygen atoms in total. The maximum atomic E-state index is 13.7. The van der Waals surface area contributed by atoms with Crippen LogP contribution in [-0.2, 0) is 23.0 Å². The second-order valence-corrected chi connectivity index (χ2v) is 11.7. The Morgan fingerprint density at radius 3 is 2.46 bits per heavy atom. The third-order valence-corrected chi connectivity index (χ3v) is 8.91. The molecule has 0 bridgehead atoms. The van der Waals surface area contributed by atoms with Crippen molar-refractivity contribution >= 4 is 33.1 Å². The average Bonchev–Trinajstić information content (AvgIpc) is 3.30. The number of sulfonamides is 1. The van der Waals surface area contributed by atoms with E-state index in [1.807, 2.05) is 19.1 Å². The Morgan fingerprint density at radius 2 is 1.77 bits per heavy atom. The van der Waals surface area contributed by atoms with Gasteiger partial charge in [-0.1, -0.05) is 0 Å². The third kappa shape index (κ3) is 5.60. The van der Waals surface area contributed by atoms with Crippen LogP contribution < -0.4 is 15.5 Å². The molecule has 3 heterocycles. The van der Waals surface area contributed by atoms with Crippen LogP contribution in [0.15, 0.2) is 41.3 Å². The Kier molecular flexibility index (Phi) is 7.56. The quantitative estimate of drug-likeness (QED) is 0.408. The highest BCUT2D eigenvalue weighted by atomic mass is 32.2. The van der Waals surface area contributed by atoms with Gasteiger partial charge in [-0.25, -0.2) is 17.2 Å². The van der Waals surface area contributed by atoms with Crippen molar-refractivity contribution in [2.24, 2.45) is 0 Å². The smallest absolute Gasteiger partial charge is 0.258 e. The van der Waals surface area contributed by atoms with Crippen LogP contribution in [0.3, 0.4) is 0 Å². The lowest BCUT2D eigenvalue weighted by atomic mass is 10.1. The fourth-order valence-electron chi connectivity index (χ4n) is 4.91. The highest BCUT2D eigenvalue weighted by Gasteiger charge is 2.32. The molecule has 0 saturated carbocycles. The number of hydrogen-bond donors (Lipinski definition) is 3. The molecule has 2 aromatic carbocycles. The Hall–Kier alpha value is -3.55. The number of aromatic nitrogens is 2. The van der Waals surface area contributed by atoms with Gasteiger partial charge in [-0.3, -0.25) is 9.89 Å². The molecule has 1 saturated heterocycles. The monoisotopic (exact) mass is 559 g/mol. The van der Waals surface area contributed by atoms with Crippen LogP contribution in [0.5, 0.6) is 0 Å². The number of fused-ring (bicyclic) bond motifs is 1. The summed E-state index contributed by atoms with van der Waals surface area (Å²) in [5.41, 5.74) is 3.35. The molecule has 39 heavy (non-hydrogen) atoms. The molecule has 0 aliphatic carbocycles. The van der Waals surface area contributed by atoms with Crippen LogP contribution in [0.2, 0.25) is 0 Å². The first kappa shape index (κ1) is 27.0. The SMILES string of the molecule is CCNc1cc(N2CCN(C)CC2)ccc1C(=O)Nc1n[nH]c2c1CN(S(=O)(=O)c1cc(F)cc(F)c1)CC2. The summed E-state index contributed by atoms with van der Waals surface area (Å²) in [5.74, 6) is -2.13. The van der Waals surface area contributed by atoms with Crippen LogP contribution in [0.4, 0.5) is 26.0 Å². The van der Waals surface area contributed by atoms with Gasteiger partial charge in [0.05, 0.1) is 10.5 Å². The van der Waals surface area contributed by atoms with Gasteiger partial charge in [-0.05, 0) is 44.3 Å². The Labute approximate surface area is 226 Å². The molecule has 5 rings (SSSR count). The number of nitrogens with one attached hydrogen (secondary N) is 3. The highest BCUT2D eigenvalue weighted by molar-refractivity contribution is 7.89. The summed E-state index contributed by atoms with van der Waals surface area (Å²) >= 11 is 0. The van der Waals surface area contributed by atoms with Gasteiger partial charge in [0.1, 0.15) is 11.6 Å². The molecule has 0 radical (unpaired) electrons. The molecular formula is C26H31F2N7O3S. The number of rotatable bonds is 7. The first-order chi connectivity index (χ1) is 18.7. The van der Waals surface area contributed by atoms with Crippen molar-refractivity contribution in [2.45, 2.75) is 24.8 Å². The molecule has 0 atom stereocenters. The number of carbonyl (C=O) groups is 1. The summed E-state index contributed by atoms with van der Waals surface area (Å²) in [6.45, 7) is 6.29. The van der Waals surface area contributed by atoms with E-state index in [-0.39, 0.29) is 18.9 Å². The van der Waals surface area contributed by atoms with Crippen LogP contribution in [-0.4, -0.2) is 80.0 Å². The molecule has 2 aliphatic rings. The van der Waals surface area contributed by atoms with Gasteiger partial charge in [0.2, 0.25) is 10.0 Å². The van der Waals surface area contributed by atoms with Crippen molar-refractivity contribution < 1.29 is 22.0 Å². The van der Waals surface area contributed by atoms with E-state index in [4.69, 9.17) is 0 Å². The maximum Gasteiger partial charge on any atom is 0.258 e. The average molecular weight is 560 g/mol. The lowest BCUT2D eigenvalue weighted by Crippen LogP contribution is -2.44.